The first-order chi connectivity index (χ1) is 14.0. The van der Waals surface area contributed by atoms with Gasteiger partial charge in [-0.2, -0.15) is 10.1 Å². The van der Waals surface area contributed by atoms with Gasteiger partial charge in [0.2, 0.25) is 0 Å². The fraction of sp³-hybridized carbons (Fsp3) is 0.450. The molecule has 3 aromatic rings. The number of fused-ring (bicyclic) bond motifs is 1. The van der Waals surface area contributed by atoms with Gasteiger partial charge in [0.15, 0.2) is 0 Å². The summed E-state index contributed by atoms with van der Waals surface area (Å²) in [6.07, 6.45) is 5.57. The van der Waals surface area contributed by atoms with Crippen LogP contribution in [0.15, 0.2) is 24.7 Å². The third-order valence-corrected chi connectivity index (χ3v) is 5.57. The number of aromatic nitrogens is 5. The van der Waals surface area contributed by atoms with Gasteiger partial charge in [0.25, 0.3) is 5.78 Å². The quantitative estimate of drug-likeness (QED) is 0.593. The van der Waals surface area contributed by atoms with Gasteiger partial charge in [0.05, 0.1) is 5.02 Å². The first-order valence-electron chi connectivity index (χ1n) is 9.73. The van der Waals surface area contributed by atoms with Crippen LogP contribution in [0.4, 0.5) is 5.82 Å². The fourth-order valence-corrected chi connectivity index (χ4v) is 3.86. The van der Waals surface area contributed by atoms with Crippen molar-refractivity contribution in [3.63, 3.8) is 0 Å². The molecule has 0 amide bonds. The van der Waals surface area contributed by atoms with Crippen LogP contribution in [0.25, 0.3) is 5.78 Å². The maximum atomic E-state index is 12.4. The van der Waals surface area contributed by atoms with E-state index in [0.29, 0.717) is 23.6 Å². The van der Waals surface area contributed by atoms with Crippen LogP contribution < -0.4 is 4.90 Å². The predicted octanol–water partition coefficient (Wildman–Crippen LogP) is 2.93. The normalized spacial score (nSPS) is 15.1. The highest BCUT2D eigenvalue weighted by atomic mass is 35.5. The third-order valence-electron chi connectivity index (χ3n) is 5.34. The summed E-state index contributed by atoms with van der Waals surface area (Å²) in [6.45, 7) is 5.51. The van der Waals surface area contributed by atoms with Crippen LogP contribution in [0.5, 0.6) is 0 Å². The zero-order valence-corrected chi connectivity index (χ0v) is 17.3. The van der Waals surface area contributed by atoms with Crippen molar-refractivity contribution in [2.45, 2.75) is 45.6 Å². The van der Waals surface area contributed by atoms with Crippen LogP contribution in [0.3, 0.4) is 0 Å². The number of ether oxygens (including phenoxy) is 1. The first-order valence-corrected chi connectivity index (χ1v) is 10.1. The minimum Gasteiger partial charge on any atom is -0.462 e. The van der Waals surface area contributed by atoms with Gasteiger partial charge in [-0.1, -0.05) is 11.6 Å². The van der Waals surface area contributed by atoms with Gasteiger partial charge in [-0.3, -0.25) is 4.79 Å². The van der Waals surface area contributed by atoms with Crippen molar-refractivity contribution in [1.82, 2.24) is 24.6 Å². The monoisotopic (exact) mass is 414 g/mol. The van der Waals surface area contributed by atoms with Crippen LogP contribution in [0.1, 0.15) is 36.2 Å². The minimum absolute atomic E-state index is 0.0517. The predicted molar refractivity (Wildman–Crippen MR) is 109 cm³/mol. The van der Waals surface area contributed by atoms with Crippen molar-refractivity contribution in [3.8, 4) is 0 Å². The summed E-state index contributed by atoms with van der Waals surface area (Å²) < 4.78 is 7.41. The van der Waals surface area contributed by atoms with Crippen LogP contribution >= 0.6 is 11.6 Å². The molecule has 0 aliphatic carbocycles. The van der Waals surface area contributed by atoms with E-state index in [0.717, 1.165) is 48.7 Å². The molecule has 4 rings (SSSR count). The zero-order chi connectivity index (χ0) is 20.4. The maximum absolute atomic E-state index is 12.4. The molecule has 4 heterocycles. The molecular formula is C20H23ClN6O2. The summed E-state index contributed by atoms with van der Waals surface area (Å²) in [5.41, 5.74) is 2.85. The Bertz CT molecular complexity index is 1010. The molecule has 1 aliphatic rings. The molecule has 0 N–H and O–H groups in total. The Balaban J connectivity index is 1.29. The Labute approximate surface area is 173 Å². The lowest BCUT2D eigenvalue weighted by Crippen LogP contribution is -2.38. The van der Waals surface area contributed by atoms with Crippen molar-refractivity contribution >= 4 is 29.2 Å². The summed E-state index contributed by atoms with van der Waals surface area (Å²) in [5, 5.41) is 4.81. The Hall–Kier alpha value is -2.74. The van der Waals surface area contributed by atoms with E-state index in [1.807, 2.05) is 26.0 Å². The SMILES string of the molecule is Cc1nc2ncnn2c(C)c1CCC(=O)OC1CCN(c2ccc(Cl)cn2)CC1. The van der Waals surface area contributed by atoms with Crippen molar-refractivity contribution in [2.75, 3.05) is 18.0 Å². The first kappa shape index (κ1) is 19.6. The summed E-state index contributed by atoms with van der Waals surface area (Å²) >= 11 is 5.90. The lowest BCUT2D eigenvalue weighted by molar-refractivity contribution is -0.149. The molecule has 0 atom stereocenters. The Morgan fingerprint density at radius 3 is 2.76 bits per heavy atom. The standard InChI is InChI=1S/C20H23ClN6O2/c1-13-17(14(2)27-20(25-13)23-12-24-27)4-6-19(28)29-16-7-9-26(10-8-16)18-5-3-15(21)11-22-18/h3,5,11-12,16H,4,6-10H2,1-2H3. The molecule has 1 saturated heterocycles. The summed E-state index contributed by atoms with van der Waals surface area (Å²) in [6, 6.07) is 3.75. The second-order valence-electron chi connectivity index (χ2n) is 7.24. The number of pyridine rings is 1. The molecule has 0 spiro atoms. The van der Waals surface area contributed by atoms with Crippen molar-refractivity contribution in [3.05, 3.63) is 46.6 Å². The molecule has 0 saturated carbocycles. The van der Waals surface area contributed by atoms with Gasteiger partial charge >= 0.3 is 5.97 Å². The van der Waals surface area contributed by atoms with Crippen molar-refractivity contribution < 1.29 is 9.53 Å². The van der Waals surface area contributed by atoms with E-state index in [1.165, 1.54) is 6.33 Å². The molecule has 3 aromatic heterocycles. The number of anilines is 1. The topological polar surface area (TPSA) is 85.5 Å². The Morgan fingerprint density at radius 2 is 2.03 bits per heavy atom. The van der Waals surface area contributed by atoms with E-state index in [-0.39, 0.29) is 12.1 Å². The highest BCUT2D eigenvalue weighted by molar-refractivity contribution is 6.30. The third kappa shape index (κ3) is 4.32. The van der Waals surface area contributed by atoms with E-state index in [2.05, 4.69) is 25.0 Å². The van der Waals surface area contributed by atoms with Gasteiger partial charge in [0, 0.05) is 49.9 Å². The number of esters is 1. The highest BCUT2D eigenvalue weighted by Gasteiger charge is 2.23. The summed E-state index contributed by atoms with van der Waals surface area (Å²) in [7, 11) is 0. The van der Waals surface area contributed by atoms with E-state index in [1.54, 1.807) is 10.7 Å². The molecule has 0 unspecified atom stereocenters. The van der Waals surface area contributed by atoms with Crippen LogP contribution in [0.2, 0.25) is 5.02 Å². The van der Waals surface area contributed by atoms with E-state index in [4.69, 9.17) is 16.3 Å². The number of halogens is 1. The largest absolute Gasteiger partial charge is 0.462 e. The second-order valence-corrected chi connectivity index (χ2v) is 7.68. The van der Waals surface area contributed by atoms with Gasteiger partial charge in [0.1, 0.15) is 18.2 Å². The number of carbonyl (C=O) groups is 1. The van der Waals surface area contributed by atoms with Crippen LogP contribution in [0, 0.1) is 13.8 Å². The zero-order valence-electron chi connectivity index (χ0n) is 16.5. The van der Waals surface area contributed by atoms with Gasteiger partial charge in [-0.15, -0.1) is 0 Å². The number of rotatable bonds is 5. The maximum Gasteiger partial charge on any atom is 0.306 e. The van der Waals surface area contributed by atoms with Crippen LogP contribution in [-0.4, -0.2) is 49.7 Å². The van der Waals surface area contributed by atoms with Crippen molar-refractivity contribution in [1.29, 1.82) is 0 Å². The Morgan fingerprint density at radius 1 is 1.24 bits per heavy atom. The number of aryl methyl sites for hydroxylation is 2. The van der Waals surface area contributed by atoms with Crippen LogP contribution in [-0.2, 0) is 16.0 Å². The molecule has 152 valence electrons. The lowest BCUT2D eigenvalue weighted by Gasteiger charge is -2.32. The molecule has 1 fully saturated rings. The second kappa shape index (κ2) is 8.32. The minimum atomic E-state index is -0.175. The number of nitrogens with zero attached hydrogens (tertiary/aromatic N) is 6. The van der Waals surface area contributed by atoms with E-state index < -0.39 is 0 Å². The van der Waals surface area contributed by atoms with Crippen molar-refractivity contribution in [2.24, 2.45) is 0 Å². The van der Waals surface area contributed by atoms with E-state index in [9.17, 15) is 4.79 Å². The molecule has 0 radical (unpaired) electrons. The molecule has 1 aliphatic heterocycles. The highest BCUT2D eigenvalue weighted by Crippen LogP contribution is 2.22. The average molecular weight is 415 g/mol. The van der Waals surface area contributed by atoms with E-state index >= 15 is 0 Å². The molecule has 9 heteroatoms. The summed E-state index contributed by atoms with van der Waals surface area (Å²) in [4.78, 5) is 27.5. The van der Waals surface area contributed by atoms with Gasteiger partial charge < -0.3 is 9.64 Å². The molecule has 0 aromatic carbocycles. The smallest absolute Gasteiger partial charge is 0.306 e. The van der Waals surface area contributed by atoms with Gasteiger partial charge in [-0.05, 0) is 38.0 Å². The lowest BCUT2D eigenvalue weighted by atomic mass is 10.1. The molecule has 29 heavy (non-hydrogen) atoms. The number of hydrogen-bond acceptors (Lipinski definition) is 7. The van der Waals surface area contributed by atoms with Gasteiger partial charge in [-0.25, -0.2) is 14.5 Å². The molecule has 8 nitrogen and oxygen atoms in total. The number of piperidine rings is 1. The molecule has 0 bridgehead atoms. The summed E-state index contributed by atoms with van der Waals surface area (Å²) in [5.74, 6) is 1.31. The fourth-order valence-electron chi connectivity index (χ4n) is 3.75. The Kier molecular flexibility index (Phi) is 5.62. The number of carbonyl (C=O) groups excluding carboxylic acids is 1. The molecular weight excluding hydrogens is 392 g/mol. The number of hydrogen-bond donors (Lipinski definition) is 0. The average Bonchev–Trinajstić information content (AvgIpc) is 3.18.